The molecule has 0 aliphatic carbocycles. The molecular weight excluding hydrogens is 371 g/mol. The Morgan fingerprint density at radius 2 is 1.89 bits per heavy atom. The Kier molecular flexibility index (Phi) is 4.76. The predicted octanol–water partition coefficient (Wildman–Crippen LogP) is 3.97. The lowest BCUT2D eigenvalue weighted by atomic mass is 9.90. The SMILES string of the molecule is CC(C)(O)c1ccc(-c2cnc3[nH]cc(/C=C/C(N)=O)c3c2)cc1C(F)(F)F. The molecule has 146 valence electrons. The van der Waals surface area contributed by atoms with Crippen molar-refractivity contribution in [1.29, 1.82) is 0 Å². The van der Waals surface area contributed by atoms with E-state index in [1.165, 1.54) is 44.3 Å². The zero-order valence-electron chi connectivity index (χ0n) is 15.1. The van der Waals surface area contributed by atoms with Gasteiger partial charge in [0.1, 0.15) is 5.65 Å². The van der Waals surface area contributed by atoms with Gasteiger partial charge in [0.05, 0.1) is 11.2 Å². The molecule has 28 heavy (non-hydrogen) atoms. The number of H-pyrrole nitrogens is 1. The highest BCUT2D eigenvalue weighted by molar-refractivity contribution is 5.95. The summed E-state index contributed by atoms with van der Waals surface area (Å²) in [6, 6.07) is 5.46. The van der Waals surface area contributed by atoms with Crippen LogP contribution in [0.2, 0.25) is 0 Å². The van der Waals surface area contributed by atoms with E-state index >= 15 is 0 Å². The first-order valence-corrected chi connectivity index (χ1v) is 8.36. The Labute approximate surface area is 158 Å². The van der Waals surface area contributed by atoms with E-state index in [2.05, 4.69) is 9.97 Å². The molecule has 0 saturated carbocycles. The van der Waals surface area contributed by atoms with E-state index < -0.39 is 23.2 Å². The number of aromatic nitrogens is 2. The molecule has 8 heteroatoms. The number of amides is 1. The van der Waals surface area contributed by atoms with Crippen LogP contribution in [0.3, 0.4) is 0 Å². The van der Waals surface area contributed by atoms with Crippen LogP contribution in [-0.2, 0) is 16.6 Å². The summed E-state index contributed by atoms with van der Waals surface area (Å²) in [5.74, 6) is -0.615. The molecule has 0 aliphatic heterocycles. The van der Waals surface area contributed by atoms with Gasteiger partial charge in [0.2, 0.25) is 5.91 Å². The molecule has 4 N–H and O–H groups in total. The first kappa shape index (κ1) is 19.6. The number of nitrogens with one attached hydrogen (secondary N) is 1. The number of pyridine rings is 1. The maximum atomic E-state index is 13.5. The zero-order valence-corrected chi connectivity index (χ0v) is 15.1. The molecule has 3 aromatic rings. The maximum Gasteiger partial charge on any atom is 0.416 e. The van der Waals surface area contributed by atoms with Crippen molar-refractivity contribution >= 4 is 23.0 Å². The van der Waals surface area contributed by atoms with E-state index in [1.807, 2.05) is 0 Å². The third-order valence-electron chi connectivity index (χ3n) is 4.31. The van der Waals surface area contributed by atoms with Gasteiger partial charge in [-0.15, -0.1) is 0 Å². The van der Waals surface area contributed by atoms with Gasteiger partial charge < -0.3 is 15.8 Å². The minimum absolute atomic E-state index is 0.204. The van der Waals surface area contributed by atoms with Gasteiger partial charge in [-0.1, -0.05) is 12.1 Å². The number of aromatic amines is 1. The summed E-state index contributed by atoms with van der Waals surface area (Å²) in [4.78, 5) is 18.1. The second-order valence-corrected chi connectivity index (χ2v) is 6.92. The fourth-order valence-electron chi connectivity index (χ4n) is 2.98. The van der Waals surface area contributed by atoms with E-state index in [9.17, 15) is 23.1 Å². The molecule has 0 fully saturated rings. The molecule has 1 aromatic carbocycles. The number of primary amides is 1. The molecule has 3 rings (SSSR count). The molecule has 0 bridgehead atoms. The molecule has 0 spiro atoms. The average Bonchev–Trinajstić information content (AvgIpc) is 3.00. The number of rotatable bonds is 4. The second kappa shape index (κ2) is 6.79. The number of carbonyl (C=O) groups excluding carboxylic acids is 1. The van der Waals surface area contributed by atoms with Crippen molar-refractivity contribution in [3.8, 4) is 11.1 Å². The third-order valence-corrected chi connectivity index (χ3v) is 4.31. The molecule has 5 nitrogen and oxygen atoms in total. The van der Waals surface area contributed by atoms with E-state index in [4.69, 9.17) is 5.73 Å². The number of nitrogens with zero attached hydrogens (tertiary/aromatic N) is 1. The van der Waals surface area contributed by atoms with Gasteiger partial charge in [-0.3, -0.25) is 4.79 Å². The number of hydrogen-bond acceptors (Lipinski definition) is 3. The minimum Gasteiger partial charge on any atom is -0.386 e. The summed E-state index contributed by atoms with van der Waals surface area (Å²) in [5, 5.41) is 10.7. The van der Waals surface area contributed by atoms with Crippen LogP contribution >= 0.6 is 0 Å². The lowest BCUT2D eigenvalue weighted by Crippen LogP contribution is -2.22. The van der Waals surface area contributed by atoms with Crippen LogP contribution in [0.1, 0.15) is 30.5 Å². The zero-order chi connectivity index (χ0) is 20.7. The van der Waals surface area contributed by atoms with Crippen molar-refractivity contribution in [1.82, 2.24) is 9.97 Å². The van der Waals surface area contributed by atoms with E-state index in [1.54, 1.807) is 12.3 Å². The number of halogens is 3. The van der Waals surface area contributed by atoms with Crippen molar-refractivity contribution < 1.29 is 23.1 Å². The van der Waals surface area contributed by atoms with Gasteiger partial charge >= 0.3 is 6.18 Å². The summed E-state index contributed by atoms with van der Waals surface area (Å²) < 4.78 is 40.6. The summed E-state index contributed by atoms with van der Waals surface area (Å²) in [7, 11) is 0. The Balaban J connectivity index is 2.14. The molecule has 0 unspecified atom stereocenters. The fraction of sp³-hybridized carbons (Fsp3) is 0.200. The lowest BCUT2D eigenvalue weighted by molar-refractivity contribution is -0.140. The van der Waals surface area contributed by atoms with Crippen LogP contribution in [-0.4, -0.2) is 21.0 Å². The van der Waals surface area contributed by atoms with Gasteiger partial charge in [-0.25, -0.2) is 4.98 Å². The van der Waals surface area contributed by atoms with E-state index in [0.717, 1.165) is 6.07 Å². The molecule has 0 atom stereocenters. The van der Waals surface area contributed by atoms with Gasteiger partial charge in [0.25, 0.3) is 0 Å². The molecule has 1 amide bonds. The highest BCUT2D eigenvalue weighted by Crippen LogP contribution is 2.39. The Morgan fingerprint density at radius 3 is 2.50 bits per heavy atom. The number of fused-ring (bicyclic) bond motifs is 1. The molecule has 0 saturated heterocycles. The second-order valence-electron chi connectivity index (χ2n) is 6.92. The third kappa shape index (κ3) is 3.91. The van der Waals surface area contributed by atoms with Crippen LogP contribution in [0.5, 0.6) is 0 Å². The molecule has 2 aromatic heterocycles. The number of carbonyl (C=O) groups is 1. The highest BCUT2D eigenvalue weighted by atomic mass is 19.4. The highest BCUT2D eigenvalue weighted by Gasteiger charge is 2.37. The Hall–Kier alpha value is -3.13. The molecule has 2 heterocycles. The quantitative estimate of drug-likeness (QED) is 0.590. The van der Waals surface area contributed by atoms with Crippen molar-refractivity contribution in [2.45, 2.75) is 25.6 Å². The lowest BCUT2D eigenvalue weighted by Gasteiger charge is -2.23. The van der Waals surface area contributed by atoms with Gasteiger partial charge in [-0.05, 0) is 43.2 Å². The number of benzene rings is 1. The van der Waals surface area contributed by atoms with Crippen molar-refractivity contribution in [3.63, 3.8) is 0 Å². The van der Waals surface area contributed by atoms with Gasteiger partial charge in [0.15, 0.2) is 0 Å². The summed E-state index contributed by atoms with van der Waals surface area (Å²) in [5.41, 5.74) is 4.29. The van der Waals surface area contributed by atoms with E-state index in [-0.39, 0.29) is 5.56 Å². The van der Waals surface area contributed by atoms with Crippen LogP contribution in [0, 0.1) is 0 Å². The summed E-state index contributed by atoms with van der Waals surface area (Å²) in [6.07, 6.45) is 1.16. The maximum absolute atomic E-state index is 13.5. The Morgan fingerprint density at radius 1 is 1.18 bits per heavy atom. The largest absolute Gasteiger partial charge is 0.416 e. The number of aliphatic hydroxyl groups is 1. The first-order valence-electron chi connectivity index (χ1n) is 8.36. The number of nitrogens with two attached hydrogens (primary N) is 1. The van der Waals surface area contributed by atoms with Crippen molar-refractivity contribution in [3.05, 3.63) is 59.4 Å². The minimum atomic E-state index is -4.62. The summed E-state index contributed by atoms with van der Waals surface area (Å²) in [6.45, 7) is 2.62. The number of hydrogen-bond donors (Lipinski definition) is 3. The topological polar surface area (TPSA) is 92.0 Å². The van der Waals surface area contributed by atoms with Gasteiger partial charge in [0, 0.05) is 35.0 Å². The smallest absolute Gasteiger partial charge is 0.386 e. The monoisotopic (exact) mass is 389 g/mol. The van der Waals surface area contributed by atoms with Crippen LogP contribution in [0.25, 0.3) is 28.2 Å². The van der Waals surface area contributed by atoms with Crippen molar-refractivity contribution in [2.75, 3.05) is 0 Å². The molecule has 0 radical (unpaired) electrons. The molecule has 0 aliphatic rings. The average molecular weight is 389 g/mol. The van der Waals surface area contributed by atoms with E-state index in [0.29, 0.717) is 27.7 Å². The first-order chi connectivity index (χ1) is 13.0. The summed E-state index contributed by atoms with van der Waals surface area (Å²) >= 11 is 0. The predicted molar refractivity (Wildman–Crippen MR) is 100 cm³/mol. The normalized spacial score (nSPS) is 12.8. The van der Waals surface area contributed by atoms with Crippen LogP contribution < -0.4 is 5.73 Å². The van der Waals surface area contributed by atoms with Crippen LogP contribution in [0.15, 0.2) is 42.7 Å². The fourth-order valence-corrected chi connectivity index (χ4v) is 2.98. The van der Waals surface area contributed by atoms with Gasteiger partial charge in [-0.2, -0.15) is 13.2 Å². The number of alkyl halides is 3. The Bertz CT molecular complexity index is 1080. The van der Waals surface area contributed by atoms with Crippen LogP contribution in [0.4, 0.5) is 13.2 Å². The molecular formula is C20H18F3N3O2. The standard InChI is InChI=1S/C20H18F3N3O2/c1-19(2,28)15-5-3-11(8-16(15)20(21,22)23)13-7-14-12(4-6-17(24)27)9-25-18(14)26-10-13/h3-10,28H,1-2H3,(H2,24,27)(H,25,26)/b6-4+. The van der Waals surface area contributed by atoms with Crippen molar-refractivity contribution in [2.24, 2.45) is 5.73 Å².